The fraction of sp³-hybridized carbons (Fsp3) is 0.250. The van der Waals surface area contributed by atoms with Gasteiger partial charge < -0.3 is 10.1 Å². The molecule has 6 heteroatoms. The summed E-state index contributed by atoms with van der Waals surface area (Å²) in [5.74, 6) is -0.689. The molecule has 1 aromatic heterocycles. The number of nitrogens with zero attached hydrogens (tertiary/aromatic N) is 1. The number of amides is 1. The van der Waals surface area contributed by atoms with Crippen molar-refractivity contribution in [1.29, 1.82) is 0 Å². The molecule has 0 unspecified atom stereocenters. The lowest BCUT2D eigenvalue weighted by Gasteiger charge is -2.15. The van der Waals surface area contributed by atoms with Crippen LogP contribution in [0.4, 0.5) is 5.69 Å². The summed E-state index contributed by atoms with van der Waals surface area (Å²) in [7, 11) is 0. The highest BCUT2D eigenvalue weighted by Crippen LogP contribution is 2.26. The van der Waals surface area contributed by atoms with Crippen LogP contribution in [0.2, 0.25) is 0 Å². The molecule has 26 heavy (non-hydrogen) atoms. The first-order valence-corrected chi connectivity index (χ1v) is 8.59. The minimum Gasteiger partial charge on any atom is -0.451 e. The Morgan fingerprint density at radius 3 is 2.69 bits per heavy atom. The predicted molar refractivity (Wildman–Crippen MR) is 100 cm³/mol. The molecule has 0 aliphatic rings. The van der Waals surface area contributed by atoms with Gasteiger partial charge in [0.1, 0.15) is 0 Å². The van der Waals surface area contributed by atoms with Gasteiger partial charge in [-0.3, -0.25) is 9.89 Å². The van der Waals surface area contributed by atoms with Crippen LogP contribution in [0.1, 0.15) is 42.2 Å². The topological polar surface area (TPSA) is 84.1 Å². The zero-order valence-electron chi connectivity index (χ0n) is 14.8. The summed E-state index contributed by atoms with van der Waals surface area (Å²) >= 11 is 0. The lowest BCUT2D eigenvalue weighted by Crippen LogP contribution is -2.22. The van der Waals surface area contributed by atoms with Gasteiger partial charge in [0, 0.05) is 11.1 Å². The molecule has 6 nitrogen and oxygen atoms in total. The first kappa shape index (κ1) is 17.7. The van der Waals surface area contributed by atoms with Crippen LogP contribution in [0.5, 0.6) is 0 Å². The molecule has 3 aromatic rings. The van der Waals surface area contributed by atoms with E-state index in [2.05, 4.69) is 29.4 Å². The van der Waals surface area contributed by atoms with Gasteiger partial charge in [0.25, 0.3) is 5.91 Å². The number of fused-ring (bicyclic) bond motifs is 1. The SMILES string of the molecule is CC[C@H](C)c1ccccc1NC(=O)COC(=O)c1n[nH]c2ccccc12. The second-order valence-electron chi connectivity index (χ2n) is 6.14. The fourth-order valence-corrected chi connectivity index (χ4v) is 2.77. The van der Waals surface area contributed by atoms with Crippen LogP contribution in [0.25, 0.3) is 10.9 Å². The normalized spacial score (nSPS) is 11.9. The Labute approximate surface area is 151 Å². The Hall–Kier alpha value is -3.15. The molecule has 0 radical (unpaired) electrons. The fourth-order valence-electron chi connectivity index (χ4n) is 2.77. The lowest BCUT2D eigenvalue weighted by atomic mass is 9.97. The molecular weight excluding hydrogens is 330 g/mol. The smallest absolute Gasteiger partial charge is 0.359 e. The quantitative estimate of drug-likeness (QED) is 0.660. The number of hydrogen-bond donors (Lipinski definition) is 2. The molecule has 1 amide bonds. The average Bonchev–Trinajstić information content (AvgIpc) is 3.10. The summed E-state index contributed by atoms with van der Waals surface area (Å²) in [6.45, 7) is 3.84. The van der Waals surface area contributed by atoms with Crippen LogP contribution in [-0.4, -0.2) is 28.7 Å². The molecule has 2 aromatic carbocycles. The highest BCUT2D eigenvalue weighted by atomic mass is 16.5. The van der Waals surface area contributed by atoms with E-state index in [0.29, 0.717) is 11.3 Å². The van der Waals surface area contributed by atoms with E-state index in [-0.39, 0.29) is 18.2 Å². The number of carbonyl (C=O) groups excluding carboxylic acids is 2. The zero-order valence-corrected chi connectivity index (χ0v) is 14.8. The molecule has 0 saturated heterocycles. The van der Waals surface area contributed by atoms with E-state index in [1.165, 1.54) is 0 Å². The Morgan fingerprint density at radius 1 is 1.15 bits per heavy atom. The Balaban J connectivity index is 1.64. The summed E-state index contributed by atoms with van der Waals surface area (Å²) in [6, 6.07) is 14.9. The number of rotatable bonds is 6. The number of H-pyrrole nitrogens is 1. The maximum Gasteiger partial charge on any atom is 0.359 e. The standard InChI is InChI=1S/C20H21N3O3/c1-3-13(2)14-8-4-6-10-16(14)21-18(24)12-26-20(25)19-15-9-5-7-11-17(15)22-23-19/h4-11,13H,3,12H2,1-2H3,(H,21,24)(H,22,23)/t13-/m0/s1. The molecule has 0 fully saturated rings. The average molecular weight is 351 g/mol. The minimum atomic E-state index is -0.632. The summed E-state index contributed by atoms with van der Waals surface area (Å²) in [4.78, 5) is 24.4. The molecule has 0 spiro atoms. The van der Waals surface area contributed by atoms with Gasteiger partial charge in [-0.05, 0) is 30.0 Å². The van der Waals surface area contributed by atoms with Crippen molar-refractivity contribution in [3.8, 4) is 0 Å². The Bertz CT molecular complexity index is 933. The van der Waals surface area contributed by atoms with Gasteiger partial charge in [0.15, 0.2) is 12.3 Å². The minimum absolute atomic E-state index is 0.174. The number of nitrogens with one attached hydrogen (secondary N) is 2. The van der Waals surface area contributed by atoms with E-state index in [0.717, 1.165) is 23.2 Å². The third kappa shape index (κ3) is 3.74. The first-order valence-electron chi connectivity index (χ1n) is 8.59. The summed E-state index contributed by atoms with van der Waals surface area (Å²) in [5.41, 5.74) is 2.72. The van der Waals surface area contributed by atoms with Crippen LogP contribution in [0, 0.1) is 0 Å². The number of ether oxygens (including phenoxy) is 1. The van der Waals surface area contributed by atoms with Gasteiger partial charge in [-0.15, -0.1) is 0 Å². The zero-order chi connectivity index (χ0) is 18.5. The molecule has 134 valence electrons. The molecule has 0 aliphatic carbocycles. The second kappa shape index (κ2) is 7.82. The summed E-state index contributed by atoms with van der Waals surface area (Å²) in [6.07, 6.45) is 0.966. The van der Waals surface area contributed by atoms with Crippen molar-refractivity contribution in [2.24, 2.45) is 0 Å². The second-order valence-corrected chi connectivity index (χ2v) is 6.14. The van der Waals surface area contributed by atoms with Crippen molar-refractivity contribution in [1.82, 2.24) is 10.2 Å². The van der Waals surface area contributed by atoms with E-state index >= 15 is 0 Å². The van der Waals surface area contributed by atoms with Gasteiger partial charge in [-0.2, -0.15) is 5.10 Å². The maximum absolute atomic E-state index is 12.2. The maximum atomic E-state index is 12.2. The molecule has 0 saturated carbocycles. The van der Waals surface area contributed by atoms with E-state index in [1.807, 2.05) is 42.5 Å². The van der Waals surface area contributed by atoms with E-state index in [9.17, 15) is 9.59 Å². The molecule has 1 atom stereocenters. The van der Waals surface area contributed by atoms with E-state index in [1.54, 1.807) is 6.07 Å². The lowest BCUT2D eigenvalue weighted by molar-refractivity contribution is -0.119. The number of aromatic nitrogens is 2. The van der Waals surface area contributed by atoms with Crippen molar-refractivity contribution in [3.05, 3.63) is 59.8 Å². The van der Waals surface area contributed by atoms with Gasteiger partial charge >= 0.3 is 5.97 Å². The first-order chi connectivity index (χ1) is 12.6. The number of para-hydroxylation sites is 2. The highest BCUT2D eigenvalue weighted by molar-refractivity contribution is 6.03. The molecular formula is C20H21N3O3. The summed E-state index contributed by atoms with van der Waals surface area (Å²) in [5, 5.41) is 10.2. The number of hydrogen-bond acceptors (Lipinski definition) is 4. The number of esters is 1. The van der Waals surface area contributed by atoms with Crippen molar-refractivity contribution >= 4 is 28.5 Å². The van der Waals surface area contributed by atoms with Crippen LogP contribution in [0.15, 0.2) is 48.5 Å². The van der Waals surface area contributed by atoms with Crippen LogP contribution < -0.4 is 5.32 Å². The predicted octanol–water partition coefficient (Wildman–Crippen LogP) is 3.87. The van der Waals surface area contributed by atoms with Crippen LogP contribution in [-0.2, 0) is 9.53 Å². The van der Waals surface area contributed by atoms with Crippen LogP contribution >= 0.6 is 0 Å². The highest BCUT2D eigenvalue weighted by Gasteiger charge is 2.17. The largest absolute Gasteiger partial charge is 0.451 e. The number of benzene rings is 2. The van der Waals surface area contributed by atoms with Crippen molar-refractivity contribution in [2.45, 2.75) is 26.2 Å². The molecule has 0 bridgehead atoms. The van der Waals surface area contributed by atoms with Crippen molar-refractivity contribution in [3.63, 3.8) is 0 Å². The number of anilines is 1. The van der Waals surface area contributed by atoms with Crippen molar-refractivity contribution < 1.29 is 14.3 Å². The van der Waals surface area contributed by atoms with Gasteiger partial charge in [-0.1, -0.05) is 50.2 Å². The molecule has 0 aliphatic heterocycles. The number of aromatic amines is 1. The molecule has 2 N–H and O–H groups in total. The van der Waals surface area contributed by atoms with Gasteiger partial charge in [-0.25, -0.2) is 4.79 Å². The molecule has 3 rings (SSSR count). The Kier molecular flexibility index (Phi) is 5.31. The van der Waals surface area contributed by atoms with Crippen molar-refractivity contribution in [2.75, 3.05) is 11.9 Å². The third-order valence-electron chi connectivity index (χ3n) is 4.38. The summed E-state index contributed by atoms with van der Waals surface area (Å²) < 4.78 is 5.12. The van der Waals surface area contributed by atoms with E-state index < -0.39 is 5.97 Å². The third-order valence-corrected chi connectivity index (χ3v) is 4.38. The monoisotopic (exact) mass is 351 g/mol. The van der Waals surface area contributed by atoms with Gasteiger partial charge in [0.05, 0.1) is 5.52 Å². The van der Waals surface area contributed by atoms with E-state index in [4.69, 9.17) is 4.74 Å². The number of carbonyl (C=O) groups is 2. The Morgan fingerprint density at radius 2 is 1.88 bits per heavy atom. The van der Waals surface area contributed by atoms with Crippen LogP contribution in [0.3, 0.4) is 0 Å². The molecule has 1 heterocycles. The van der Waals surface area contributed by atoms with Gasteiger partial charge in [0.2, 0.25) is 0 Å².